The van der Waals surface area contributed by atoms with Gasteiger partial charge in [0.05, 0.1) is 17.1 Å². The lowest BCUT2D eigenvalue weighted by molar-refractivity contribution is -0.115. The van der Waals surface area contributed by atoms with Crippen molar-refractivity contribution in [1.82, 2.24) is 5.32 Å². The van der Waals surface area contributed by atoms with Crippen LogP contribution in [0, 0.1) is 5.41 Å². The zero-order valence-corrected chi connectivity index (χ0v) is 16.9. The van der Waals surface area contributed by atoms with Crippen LogP contribution in [0.4, 0.5) is 22.7 Å². The third-order valence-electron chi connectivity index (χ3n) is 5.68. The summed E-state index contributed by atoms with van der Waals surface area (Å²) < 4.78 is 0. The highest BCUT2D eigenvalue weighted by Gasteiger charge is 2.27. The normalized spacial score (nSPS) is 18.7. The van der Waals surface area contributed by atoms with Gasteiger partial charge < -0.3 is 26.3 Å². The van der Waals surface area contributed by atoms with Crippen LogP contribution in [-0.4, -0.2) is 32.3 Å². The average Bonchev–Trinajstić information content (AvgIpc) is 2.93. The number of hydrogen-bond donors (Lipinski definition) is 4. The smallest absolute Gasteiger partial charge is 0.226 e. The highest BCUT2D eigenvalue weighted by Crippen LogP contribution is 2.44. The fraction of sp³-hybridized carbons (Fsp3) is 0.304. The molecule has 2 aliphatic rings. The maximum absolute atomic E-state index is 12.0. The van der Waals surface area contributed by atoms with Gasteiger partial charge in [-0.1, -0.05) is 19.1 Å². The molecule has 6 nitrogen and oxygen atoms in total. The molecule has 2 heterocycles. The molecule has 0 saturated heterocycles. The number of anilines is 4. The largest absolute Gasteiger partial charge is 0.393 e. The number of para-hydroxylation sites is 1. The van der Waals surface area contributed by atoms with Crippen LogP contribution in [0.5, 0.6) is 0 Å². The quantitative estimate of drug-likeness (QED) is 0.588. The van der Waals surface area contributed by atoms with E-state index >= 15 is 0 Å². The molecule has 0 aliphatic carbocycles. The second kappa shape index (κ2) is 7.99. The van der Waals surface area contributed by atoms with Crippen molar-refractivity contribution >= 4 is 40.4 Å². The van der Waals surface area contributed by atoms with Crippen molar-refractivity contribution in [3.8, 4) is 0 Å². The van der Waals surface area contributed by atoms with Gasteiger partial charge in [-0.05, 0) is 47.7 Å². The van der Waals surface area contributed by atoms with Crippen molar-refractivity contribution < 1.29 is 4.79 Å². The second-order valence-corrected chi connectivity index (χ2v) is 7.57. The third-order valence-corrected chi connectivity index (χ3v) is 5.68. The lowest BCUT2D eigenvalue weighted by Gasteiger charge is -2.36. The zero-order valence-electron chi connectivity index (χ0n) is 16.9. The van der Waals surface area contributed by atoms with Crippen molar-refractivity contribution in [3.05, 3.63) is 53.7 Å². The summed E-state index contributed by atoms with van der Waals surface area (Å²) in [5.41, 5.74) is 7.28. The third kappa shape index (κ3) is 3.58. The number of nitrogens with zero attached hydrogens (tertiary/aromatic N) is 1. The molecule has 0 saturated carbocycles. The summed E-state index contributed by atoms with van der Waals surface area (Å²) in [6.07, 6.45) is 4.74. The summed E-state index contributed by atoms with van der Waals surface area (Å²) in [6, 6.07) is 12.5. The molecule has 4 N–H and O–H groups in total. The Labute approximate surface area is 171 Å². The summed E-state index contributed by atoms with van der Waals surface area (Å²) in [5, 5.41) is 17.2. The van der Waals surface area contributed by atoms with E-state index in [9.17, 15) is 4.79 Å². The van der Waals surface area contributed by atoms with Crippen LogP contribution in [-0.2, 0) is 4.79 Å². The minimum Gasteiger partial charge on any atom is -0.393 e. The fourth-order valence-corrected chi connectivity index (χ4v) is 4.16. The van der Waals surface area contributed by atoms with E-state index in [1.165, 1.54) is 17.5 Å². The summed E-state index contributed by atoms with van der Waals surface area (Å²) >= 11 is 0. The van der Waals surface area contributed by atoms with E-state index in [4.69, 9.17) is 5.41 Å². The van der Waals surface area contributed by atoms with Gasteiger partial charge in [-0.3, -0.25) is 4.79 Å². The molecule has 1 atom stereocenters. The Hall–Kier alpha value is -3.28. The molecule has 0 aromatic heterocycles. The first-order valence-electron chi connectivity index (χ1n) is 10.1. The first-order chi connectivity index (χ1) is 14.1. The summed E-state index contributed by atoms with van der Waals surface area (Å²) in [5.74, 6) is 0.485. The molecule has 0 fully saturated rings. The van der Waals surface area contributed by atoms with E-state index in [0.29, 0.717) is 18.9 Å². The van der Waals surface area contributed by atoms with Crippen molar-refractivity contribution in [3.63, 3.8) is 0 Å². The van der Waals surface area contributed by atoms with Gasteiger partial charge >= 0.3 is 0 Å². The topological polar surface area (TPSA) is 80.2 Å². The molecule has 29 heavy (non-hydrogen) atoms. The molecule has 2 aromatic rings. The highest BCUT2D eigenvalue weighted by molar-refractivity contribution is 6.08. The van der Waals surface area contributed by atoms with Gasteiger partial charge in [-0.25, -0.2) is 0 Å². The minimum atomic E-state index is 0.0428. The lowest BCUT2D eigenvalue weighted by atomic mass is 9.88. The number of carbonyl (C=O) groups is 1. The number of amides is 1. The molecule has 0 bridgehead atoms. The summed E-state index contributed by atoms with van der Waals surface area (Å²) in [4.78, 5) is 14.3. The number of nitrogens with one attached hydrogen (secondary N) is 4. The Balaban J connectivity index is 1.79. The van der Waals surface area contributed by atoms with Gasteiger partial charge in [-0.2, -0.15) is 0 Å². The SMILES string of the molecule is CN/C=C(\C=N)c1ccc2c(c1)C(C)CCN2c1cccc2c1NCCC(=O)N2. The molecular weight excluding hydrogens is 362 g/mol. The van der Waals surface area contributed by atoms with E-state index in [1.807, 2.05) is 25.4 Å². The zero-order chi connectivity index (χ0) is 20.4. The Kier molecular flexibility index (Phi) is 5.25. The molecule has 1 amide bonds. The van der Waals surface area contributed by atoms with Crippen molar-refractivity contribution in [2.24, 2.45) is 0 Å². The van der Waals surface area contributed by atoms with E-state index in [2.05, 4.69) is 52.0 Å². The minimum absolute atomic E-state index is 0.0428. The number of fused-ring (bicyclic) bond motifs is 2. The Bertz CT molecular complexity index is 981. The van der Waals surface area contributed by atoms with Gasteiger partial charge in [0.1, 0.15) is 0 Å². The van der Waals surface area contributed by atoms with Crippen LogP contribution >= 0.6 is 0 Å². The molecule has 0 spiro atoms. The number of allylic oxidation sites excluding steroid dienone is 1. The van der Waals surface area contributed by atoms with E-state index in [-0.39, 0.29) is 5.91 Å². The van der Waals surface area contributed by atoms with Crippen LogP contribution in [0.25, 0.3) is 5.57 Å². The number of benzene rings is 2. The first kappa shape index (κ1) is 19.1. The van der Waals surface area contributed by atoms with Gasteiger partial charge in [0, 0.05) is 50.2 Å². The highest BCUT2D eigenvalue weighted by atomic mass is 16.1. The summed E-state index contributed by atoms with van der Waals surface area (Å²) in [7, 11) is 1.85. The van der Waals surface area contributed by atoms with Gasteiger partial charge in [0.25, 0.3) is 0 Å². The molecule has 1 unspecified atom stereocenters. The fourth-order valence-electron chi connectivity index (χ4n) is 4.16. The first-order valence-corrected chi connectivity index (χ1v) is 10.1. The van der Waals surface area contributed by atoms with Crippen molar-refractivity contribution in [2.45, 2.75) is 25.7 Å². The molecule has 2 aromatic carbocycles. The number of hydrogen-bond acceptors (Lipinski definition) is 5. The Morgan fingerprint density at radius 3 is 2.93 bits per heavy atom. The van der Waals surface area contributed by atoms with E-state index in [1.54, 1.807) is 0 Å². The predicted octanol–water partition coefficient (Wildman–Crippen LogP) is 4.30. The summed E-state index contributed by atoms with van der Waals surface area (Å²) in [6.45, 7) is 3.81. The van der Waals surface area contributed by atoms with Gasteiger partial charge in [0.2, 0.25) is 5.91 Å². The maximum Gasteiger partial charge on any atom is 0.226 e. The van der Waals surface area contributed by atoms with Crippen LogP contribution in [0.2, 0.25) is 0 Å². The molecule has 6 heteroatoms. The lowest BCUT2D eigenvalue weighted by Crippen LogP contribution is -2.27. The van der Waals surface area contributed by atoms with Crippen LogP contribution in [0.3, 0.4) is 0 Å². The molecule has 2 aliphatic heterocycles. The second-order valence-electron chi connectivity index (χ2n) is 7.57. The molecule has 4 rings (SSSR count). The monoisotopic (exact) mass is 389 g/mol. The maximum atomic E-state index is 12.0. The number of carbonyl (C=O) groups excluding carboxylic acids is 1. The van der Waals surface area contributed by atoms with Gasteiger partial charge in [-0.15, -0.1) is 0 Å². The number of rotatable bonds is 4. The van der Waals surface area contributed by atoms with E-state index in [0.717, 1.165) is 41.2 Å². The van der Waals surface area contributed by atoms with Crippen LogP contribution in [0.15, 0.2) is 42.6 Å². The van der Waals surface area contributed by atoms with Crippen LogP contribution < -0.4 is 20.9 Å². The standard InChI is InChI=1S/C23H27N5O/c1-15-9-11-28(20-7-6-16(12-18(15)20)17(13-24)14-25-2)21-5-3-4-19-23(21)26-10-8-22(29)27-19/h3-7,12-15,24-26H,8-11H2,1-2H3,(H,27,29)/b17-14+,24-13?. The van der Waals surface area contributed by atoms with Crippen molar-refractivity contribution in [1.29, 1.82) is 5.41 Å². The van der Waals surface area contributed by atoms with E-state index < -0.39 is 0 Å². The Morgan fingerprint density at radius 1 is 1.28 bits per heavy atom. The van der Waals surface area contributed by atoms with Gasteiger partial charge in [0.15, 0.2) is 0 Å². The van der Waals surface area contributed by atoms with Crippen molar-refractivity contribution in [2.75, 3.05) is 35.7 Å². The molecule has 150 valence electrons. The molecular formula is C23H27N5O. The van der Waals surface area contributed by atoms with Crippen LogP contribution in [0.1, 0.15) is 36.8 Å². The average molecular weight is 390 g/mol. The predicted molar refractivity (Wildman–Crippen MR) is 120 cm³/mol. The molecule has 0 radical (unpaired) electrons. The Morgan fingerprint density at radius 2 is 2.14 bits per heavy atom.